The third kappa shape index (κ3) is 9.04. The number of carbonyl (C=O) groups excluding carboxylic acids is 1. The van der Waals surface area contributed by atoms with E-state index in [1.807, 2.05) is 0 Å². The molecule has 1 saturated carbocycles. The Morgan fingerprint density at radius 1 is 1.05 bits per heavy atom. The standard InChI is InChI=1S/C16H32N2O/c1-16(2,3)11-10-15(19)18-13-12-17-14-8-6-4-5-7-9-14/h14,17H,4-13H2,1-3H3,(H,18,19). The number of hydrogen-bond acceptors (Lipinski definition) is 2. The normalized spacial score (nSPS) is 18.1. The predicted octanol–water partition coefficient (Wildman–Crippen LogP) is 3.24. The van der Waals surface area contributed by atoms with Crippen molar-refractivity contribution < 1.29 is 4.79 Å². The van der Waals surface area contributed by atoms with Crippen molar-refractivity contribution in [2.45, 2.75) is 78.2 Å². The molecule has 0 aromatic heterocycles. The topological polar surface area (TPSA) is 41.1 Å². The maximum absolute atomic E-state index is 11.7. The van der Waals surface area contributed by atoms with Crippen LogP contribution in [0.15, 0.2) is 0 Å². The third-order valence-corrected chi connectivity index (χ3v) is 3.84. The lowest BCUT2D eigenvalue weighted by Crippen LogP contribution is -2.37. The quantitative estimate of drug-likeness (QED) is 0.573. The minimum absolute atomic E-state index is 0.192. The van der Waals surface area contributed by atoms with Crippen molar-refractivity contribution in [2.75, 3.05) is 13.1 Å². The summed E-state index contributed by atoms with van der Waals surface area (Å²) in [7, 11) is 0. The Kier molecular flexibility index (Phi) is 7.44. The lowest BCUT2D eigenvalue weighted by atomic mass is 9.90. The monoisotopic (exact) mass is 268 g/mol. The highest BCUT2D eigenvalue weighted by Crippen LogP contribution is 2.20. The van der Waals surface area contributed by atoms with Gasteiger partial charge in [0.05, 0.1) is 0 Å². The van der Waals surface area contributed by atoms with Crippen LogP contribution in [0.1, 0.15) is 72.1 Å². The molecule has 0 aliphatic heterocycles. The highest BCUT2D eigenvalue weighted by molar-refractivity contribution is 5.75. The maximum atomic E-state index is 11.7. The van der Waals surface area contributed by atoms with Crippen molar-refractivity contribution in [3.8, 4) is 0 Å². The molecule has 2 N–H and O–H groups in total. The number of nitrogens with one attached hydrogen (secondary N) is 2. The molecular formula is C16H32N2O. The van der Waals surface area contributed by atoms with Gasteiger partial charge in [-0.2, -0.15) is 0 Å². The second-order valence-corrected chi connectivity index (χ2v) is 7.05. The van der Waals surface area contributed by atoms with Gasteiger partial charge in [-0.1, -0.05) is 46.5 Å². The first-order valence-corrected chi connectivity index (χ1v) is 7.97. The van der Waals surface area contributed by atoms with E-state index in [0.29, 0.717) is 12.5 Å². The molecule has 19 heavy (non-hydrogen) atoms. The van der Waals surface area contributed by atoms with Gasteiger partial charge in [0.15, 0.2) is 0 Å². The summed E-state index contributed by atoms with van der Waals surface area (Å²) in [5, 5.41) is 6.58. The first-order chi connectivity index (χ1) is 8.97. The van der Waals surface area contributed by atoms with Crippen molar-refractivity contribution in [1.82, 2.24) is 10.6 Å². The van der Waals surface area contributed by atoms with Gasteiger partial charge in [0.25, 0.3) is 0 Å². The van der Waals surface area contributed by atoms with Gasteiger partial charge in [-0.3, -0.25) is 4.79 Å². The average Bonchev–Trinajstić information content (AvgIpc) is 2.60. The van der Waals surface area contributed by atoms with Crippen molar-refractivity contribution in [3.63, 3.8) is 0 Å². The molecule has 1 aliphatic rings. The molecule has 0 bridgehead atoms. The first kappa shape index (κ1) is 16.5. The molecule has 3 nitrogen and oxygen atoms in total. The summed E-state index contributed by atoms with van der Waals surface area (Å²) < 4.78 is 0. The van der Waals surface area contributed by atoms with Crippen LogP contribution < -0.4 is 10.6 Å². The van der Waals surface area contributed by atoms with E-state index in [9.17, 15) is 4.79 Å². The molecule has 0 saturated heterocycles. The van der Waals surface area contributed by atoms with E-state index in [1.54, 1.807) is 0 Å². The van der Waals surface area contributed by atoms with Crippen LogP contribution in [0.2, 0.25) is 0 Å². The van der Waals surface area contributed by atoms with E-state index in [2.05, 4.69) is 31.4 Å². The Morgan fingerprint density at radius 2 is 1.68 bits per heavy atom. The second kappa shape index (κ2) is 8.57. The second-order valence-electron chi connectivity index (χ2n) is 7.05. The van der Waals surface area contributed by atoms with E-state index in [0.717, 1.165) is 19.5 Å². The molecule has 0 atom stereocenters. The molecule has 0 aromatic carbocycles. The SMILES string of the molecule is CC(C)(C)CCC(=O)NCCNC1CCCCCC1. The van der Waals surface area contributed by atoms with Crippen LogP contribution in [0.25, 0.3) is 0 Å². The van der Waals surface area contributed by atoms with Crippen molar-refractivity contribution in [3.05, 3.63) is 0 Å². The molecule has 0 unspecified atom stereocenters. The number of amides is 1. The molecule has 0 aromatic rings. The Balaban J connectivity index is 2.01. The van der Waals surface area contributed by atoms with Gasteiger partial charge in [-0.05, 0) is 24.7 Å². The van der Waals surface area contributed by atoms with Gasteiger partial charge < -0.3 is 10.6 Å². The van der Waals surface area contributed by atoms with Gasteiger partial charge in [0.2, 0.25) is 5.91 Å². The van der Waals surface area contributed by atoms with Crippen LogP contribution in [-0.4, -0.2) is 25.0 Å². The summed E-state index contributed by atoms with van der Waals surface area (Å²) >= 11 is 0. The first-order valence-electron chi connectivity index (χ1n) is 7.97. The van der Waals surface area contributed by atoms with Crippen LogP contribution >= 0.6 is 0 Å². The molecule has 1 fully saturated rings. The highest BCUT2D eigenvalue weighted by atomic mass is 16.1. The van der Waals surface area contributed by atoms with E-state index < -0.39 is 0 Å². The zero-order valence-corrected chi connectivity index (χ0v) is 13.1. The highest BCUT2D eigenvalue weighted by Gasteiger charge is 2.13. The number of carbonyl (C=O) groups is 1. The molecule has 3 heteroatoms. The van der Waals surface area contributed by atoms with Gasteiger partial charge in [-0.25, -0.2) is 0 Å². The number of hydrogen-bond donors (Lipinski definition) is 2. The summed E-state index contributed by atoms with van der Waals surface area (Å²) in [6.45, 7) is 8.20. The molecule has 0 heterocycles. The van der Waals surface area contributed by atoms with E-state index in [4.69, 9.17) is 0 Å². The molecular weight excluding hydrogens is 236 g/mol. The minimum atomic E-state index is 0.192. The van der Waals surface area contributed by atoms with E-state index in [1.165, 1.54) is 38.5 Å². The van der Waals surface area contributed by atoms with Crippen LogP contribution in [0, 0.1) is 5.41 Å². The zero-order chi connectivity index (χ0) is 14.1. The molecule has 112 valence electrons. The van der Waals surface area contributed by atoms with Gasteiger partial charge in [0, 0.05) is 25.6 Å². The maximum Gasteiger partial charge on any atom is 0.220 e. The molecule has 0 spiro atoms. The Hall–Kier alpha value is -0.570. The predicted molar refractivity (Wildman–Crippen MR) is 81.2 cm³/mol. The van der Waals surface area contributed by atoms with E-state index >= 15 is 0 Å². The molecule has 0 radical (unpaired) electrons. The lowest BCUT2D eigenvalue weighted by molar-refractivity contribution is -0.121. The van der Waals surface area contributed by atoms with Crippen LogP contribution in [0.4, 0.5) is 0 Å². The van der Waals surface area contributed by atoms with Crippen molar-refractivity contribution >= 4 is 5.91 Å². The summed E-state index contributed by atoms with van der Waals surface area (Å²) in [5.41, 5.74) is 0.246. The summed E-state index contributed by atoms with van der Waals surface area (Å²) in [4.78, 5) is 11.7. The summed E-state index contributed by atoms with van der Waals surface area (Å²) in [6.07, 6.45) is 9.70. The Morgan fingerprint density at radius 3 is 2.26 bits per heavy atom. The Labute approximate surface area is 118 Å². The fourth-order valence-electron chi connectivity index (χ4n) is 2.54. The van der Waals surface area contributed by atoms with Gasteiger partial charge in [-0.15, -0.1) is 0 Å². The molecule has 1 aliphatic carbocycles. The molecule has 1 rings (SSSR count). The number of rotatable bonds is 6. The van der Waals surface area contributed by atoms with Crippen LogP contribution in [0.3, 0.4) is 0 Å². The van der Waals surface area contributed by atoms with E-state index in [-0.39, 0.29) is 11.3 Å². The fourth-order valence-corrected chi connectivity index (χ4v) is 2.54. The minimum Gasteiger partial charge on any atom is -0.355 e. The fraction of sp³-hybridized carbons (Fsp3) is 0.938. The van der Waals surface area contributed by atoms with Gasteiger partial charge >= 0.3 is 0 Å². The average molecular weight is 268 g/mol. The molecule has 1 amide bonds. The van der Waals surface area contributed by atoms with Crippen LogP contribution in [0.5, 0.6) is 0 Å². The largest absolute Gasteiger partial charge is 0.355 e. The van der Waals surface area contributed by atoms with Crippen molar-refractivity contribution in [2.24, 2.45) is 5.41 Å². The van der Waals surface area contributed by atoms with Crippen LogP contribution in [-0.2, 0) is 4.79 Å². The smallest absolute Gasteiger partial charge is 0.220 e. The third-order valence-electron chi connectivity index (χ3n) is 3.84. The summed E-state index contributed by atoms with van der Waals surface area (Å²) in [6, 6.07) is 0.675. The lowest BCUT2D eigenvalue weighted by Gasteiger charge is -2.18. The Bertz CT molecular complexity index is 250. The zero-order valence-electron chi connectivity index (χ0n) is 13.1. The summed E-state index contributed by atoms with van der Waals surface area (Å²) in [5.74, 6) is 0.192. The van der Waals surface area contributed by atoms with Crippen molar-refractivity contribution in [1.29, 1.82) is 0 Å². The van der Waals surface area contributed by atoms with Gasteiger partial charge in [0.1, 0.15) is 0 Å².